The lowest BCUT2D eigenvalue weighted by Gasteiger charge is -2.44. The van der Waals surface area contributed by atoms with Gasteiger partial charge >= 0.3 is 0 Å². The summed E-state index contributed by atoms with van der Waals surface area (Å²) in [6.07, 6.45) is 4.88. The standard InChI is InChI=1S/C15H26O6/c1-6-7-8-9-20-15-14(19-5)13(18-4)12(17-3)11(21-15)10-16-2/h1,11-15H,7-10H2,2-5H3/t11-,12+,13+,14-,15-/m1/s1. The molecule has 1 fully saturated rings. The highest BCUT2D eigenvalue weighted by atomic mass is 16.7. The maximum Gasteiger partial charge on any atom is 0.186 e. The van der Waals surface area contributed by atoms with Crippen LogP contribution in [0, 0.1) is 12.3 Å². The number of ether oxygens (including phenoxy) is 6. The van der Waals surface area contributed by atoms with Gasteiger partial charge in [-0.1, -0.05) is 0 Å². The summed E-state index contributed by atoms with van der Waals surface area (Å²) < 4.78 is 33.4. The van der Waals surface area contributed by atoms with Crippen molar-refractivity contribution in [3.05, 3.63) is 0 Å². The van der Waals surface area contributed by atoms with E-state index in [-0.39, 0.29) is 24.4 Å². The molecular formula is C15H26O6. The smallest absolute Gasteiger partial charge is 0.186 e. The van der Waals surface area contributed by atoms with Crippen LogP contribution in [0.2, 0.25) is 0 Å². The van der Waals surface area contributed by atoms with E-state index in [0.717, 1.165) is 6.42 Å². The molecule has 0 N–H and O–H groups in total. The first-order valence-corrected chi connectivity index (χ1v) is 7.01. The van der Waals surface area contributed by atoms with Gasteiger partial charge in [0.2, 0.25) is 0 Å². The Balaban J connectivity index is 2.73. The van der Waals surface area contributed by atoms with E-state index >= 15 is 0 Å². The fourth-order valence-corrected chi connectivity index (χ4v) is 2.49. The second-order valence-corrected chi connectivity index (χ2v) is 4.78. The second kappa shape index (κ2) is 10.1. The SMILES string of the molecule is C#CCCCO[C@@H]1O[C@H](COC)[C@H](OC)[C@H](OC)[C@H]1OC. The van der Waals surface area contributed by atoms with Crippen LogP contribution < -0.4 is 0 Å². The molecule has 1 aliphatic rings. The molecule has 0 spiro atoms. The molecule has 0 aromatic carbocycles. The minimum Gasteiger partial charge on any atom is -0.382 e. The molecule has 0 aliphatic carbocycles. The van der Waals surface area contributed by atoms with Gasteiger partial charge in [0.1, 0.15) is 24.4 Å². The fourth-order valence-electron chi connectivity index (χ4n) is 2.49. The van der Waals surface area contributed by atoms with Crippen LogP contribution in [0.25, 0.3) is 0 Å². The lowest BCUT2D eigenvalue weighted by atomic mass is 9.98. The van der Waals surface area contributed by atoms with Crippen molar-refractivity contribution >= 4 is 0 Å². The van der Waals surface area contributed by atoms with Gasteiger partial charge in [-0.05, 0) is 6.42 Å². The van der Waals surface area contributed by atoms with Crippen molar-refractivity contribution in [1.29, 1.82) is 0 Å². The van der Waals surface area contributed by atoms with E-state index in [2.05, 4.69) is 5.92 Å². The summed E-state index contributed by atoms with van der Waals surface area (Å²) in [6, 6.07) is 0. The molecule has 0 unspecified atom stereocenters. The zero-order valence-corrected chi connectivity index (χ0v) is 13.2. The average molecular weight is 302 g/mol. The number of terminal acetylenes is 1. The quantitative estimate of drug-likeness (QED) is 0.464. The maximum atomic E-state index is 5.92. The molecule has 0 bridgehead atoms. The summed E-state index contributed by atoms with van der Waals surface area (Å²) in [5.41, 5.74) is 0. The molecule has 1 rings (SSSR count). The molecule has 0 aromatic heterocycles. The first-order valence-electron chi connectivity index (χ1n) is 7.01. The molecule has 6 nitrogen and oxygen atoms in total. The van der Waals surface area contributed by atoms with Crippen molar-refractivity contribution in [3.63, 3.8) is 0 Å². The largest absolute Gasteiger partial charge is 0.382 e. The Morgan fingerprint density at radius 3 is 2.19 bits per heavy atom. The first kappa shape index (κ1) is 18.4. The molecule has 1 aliphatic heterocycles. The third kappa shape index (κ3) is 4.92. The van der Waals surface area contributed by atoms with Crippen LogP contribution in [0.1, 0.15) is 12.8 Å². The summed E-state index contributed by atoms with van der Waals surface area (Å²) in [4.78, 5) is 0. The highest BCUT2D eigenvalue weighted by Gasteiger charge is 2.47. The van der Waals surface area contributed by atoms with Crippen LogP contribution >= 0.6 is 0 Å². The third-order valence-corrected chi connectivity index (χ3v) is 3.49. The first-order chi connectivity index (χ1) is 10.2. The molecule has 0 saturated carbocycles. The molecule has 0 radical (unpaired) electrons. The predicted octanol–water partition coefficient (Wildman–Crippen LogP) is 0.833. The fraction of sp³-hybridized carbons (Fsp3) is 0.867. The number of hydrogen-bond donors (Lipinski definition) is 0. The molecule has 6 heteroatoms. The van der Waals surface area contributed by atoms with E-state index in [9.17, 15) is 0 Å². The Morgan fingerprint density at radius 2 is 1.67 bits per heavy atom. The van der Waals surface area contributed by atoms with Crippen LogP contribution in [-0.2, 0) is 28.4 Å². The maximum absolute atomic E-state index is 5.92. The molecule has 1 heterocycles. The molecular weight excluding hydrogens is 276 g/mol. The van der Waals surface area contributed by atoms with E-state index in [1.54, 1.807) is 28.4 Å². The minimum atomic E-state index is -0.538. The Bertz CT molecular complexity index is 316. The summed E-state index contributed by atoms with van der Waals surface area (Å²) in [7, 11) is 6.45. The van der Waals surface area contributed by atoms with Crippen LogP contribution in [0.4, 0.5) is 0 Å². The van der Waals surface area contributed by atoms with Gasteiger partial charge in [-0.3, -0.25) is 0 Å². The number of unbranched alkanes of at least 4 members (excludes halogenated alkanes) is 1. The minimum absolute atomic E-state index is 0.283. The highest BCUT2D eigenvalue weighted by molar-refractivity contribution is 4.92. The monoisotopic (exact) mass is 302 g/mol. The Morgan fingerprint density at radius 1 is 1.00 bits per heavy atom. The van der Waals surface area contributed by atoms with Gasteiger partial charge in [0.05, 0.1) is 13.2 Å². The van der Waals surface area contributed by atoms with Gasteiger partial charge in [-0.2, -0.15) is 0 Å². The zero-order valence-electron chi connectivity index (χ0n) is 13.2. The van der Waals surface area contributed by atoms with Crippen molar-refractivity contribution in [2.24, 2.45) is 0 Å². The Labute approximate surface area is 127 Å². The topological polar surface area (TPSA) is 55.4 Å². The van der Waals surface area contributed by atoms with Gasteiger partial charge < -0.3 is 28.4 Å². The van der Waals surface area contributed by atoms with Gasteiger partial charge in [-0.25, -0.2) is 0 Å². The normalized spacial score (nSPS) is 32.8. The summed E-state index contributed by atoms with van der Waals surface area (Å²) in [6.45, 7) is 0.890. The average Bonchev–Trinajstić information content (AvgIpc) is 2.51. The molecule has 5 atom stereocenters. The third-order valence-electron chi connectivity index (χ3n) is 3.49. The van der Waals surface area contributed by atoms with Crippen LogP contribution in [0.15, 0.2) is 0 Å². The van der Waals surface area contributed by atoms with Gasteiger partial charge in [0.25, 0.3) is 0 Å². The predicted molar refractivity (Wildman–Crippen MR) is 76.9 cm³/mol. The van der Waals surface area contributed by atoms with E-state index in [4.69, 9.17) is 34.8 Å². The van der Waals surface area contributed by atoms with Crippen molar-refractivity contribution < 1.29 is 28.4 Å². The second-order valence-electron chi connectivity index (χ2n) is 4.78. The summed E-state index contributed by atoms with van der Waals surface area (Å²) in [5, 5.41) is 0. The van der Waals surface area contributed by atoms with Crippen molar-refractivity contribution in [1.82, 2.24) is 0 Å². The Kier molecular flexibility index (Phi) is 8.85. The molecule has 0 aromatic rings. The molecule has 21 heavy (non-hydrogen) atoms. The summed E-state index contributed by atoms with van der Waals surface area (Å²) >= 11 is 0. The lowest BCUT2D eigenvalue weighted by molar-refractivity contribution is -0.313. The van der Waals surface area contributed by atoms with Crippen LogP contribution in [0.5, 0.6) is 0 Å². The number of hydrogen-bond acceptors (Lipinski definition) is 6. The van der Waals surface area contributed by atoms with Gasteiger partial charge in [0.15, 0.2) is 6.29 Å². The molecule has 122 valence electrons. The van der Waals surface area contributed by atoms with E-state index in [1.165, 1.54) is 0 Å². The van der Waals surface area contributed by atoms with E-state index < -0.39 is 6.29 Å². The Hall–Kier alpha value is -0.680. The number of methoxy groups -OCH3 is 4. The van der Waals surface area contributed by atoms with Gasteiger partial charge in [-0.15, -0.1) is 12.3 Å². The van der Waals surface area contributed by atoms with Crippen molar-refractivity contribution in [2.75, 3.05) is 41.7 Å². The van der Waals surface area contributed by atoms with E-state index in [0.29, 0.717) is 19.6 Å². The molecule has 1 saturated heterocycles. The number of rotatable bonds is 9. The highest BCUT2D eigenvalue weighted by Crippen LogP contribution is 2.28. The van der Waals surface area contributed by atoms with E-state index in [1.807, 2.05) is 0 Å². The molecule has 0 amide bonds. The van der Waals surface area contributed by atoms with Crippen LogP contribution in [0.3, 0.4) is 0 Å². The van der Waals surface area contributed by atoms with Crippen LogP contribution in [-0.4, -0.2) is 72.4 Å². The van der Waals surface area contributed by atoms with Crippen molar-refractivity contribution in [3.8, 4) is 12.3 Å². The lowest BCUT2D eigenvalue weighted by Crippen LogP contribution is -2.61. The summed E-state index contributed by atoms with van der Waals surface area (Å²) in [5.74, 6) is 2.58. The van der Waals surface area contributed by atoms with Crippen molar-refractivity contribution in [2.45, 2.75) is 43.5 Å². The van der Waals surface area contributed by atoms with Gasteiger partial charge in [0, 0.05) is 34.9 Å². The zero-order chi connectivity index (χ0) is 15.7.